The molecule has 0 aliphatic carbocycles. The largest absolute Gasteiger partial charge is 0.463 e. The van der Waals surface area contributed by atoms with Gasteiger partial charge in [-0.25, -0.2) is 4.79 Å². The molecular weight excluding hydrogens is 268 g/mol. The fourth-order valence-corrected chi connectivity index (χ4v) is 1.66. The van der Waals surface area contributed by atoms with Gasteiger partial charge in [-0.2, -0.15) is 0 Å². The molecule has 0 aliphatic rings. The van der Waals surface area contributed by atoms with E-state index in [0.29, 0.717) is 30.3 Å². The Balaban J connectivity index is 2.76. The van der Waals surface area contributed by atoms with Crippen molar-refractivity contribution in [2.75, 3.05) is 13.7 Å². The van der Waals surface area contributed by atoms with E-state index >= 15 is 0 Å². The summed E-state index contributed by atoms with van der Waals surface area (Å²) in [7, 11) is 1.66. The minimum absolute atomic E-state index is 0.339. The monoisotopic (exact) mass is 290 g/mol. The molecule has 0 heterocycles. The SMILES string of the molecule is C=C(O/C(C)=C(\C)C(=O)OCC)c1ccc(COC)cc1. The van der Waals surface area contributed by atoms with Crippen molar-refractivity contribution in [2.24, 2.45) is 0 Å². The Labute approximate surface area is 126 Å². The minimum atomic E-state index is -0.377. The Bertz CT molecular complexity index is 526. The van der Waals surface area contributed by atoms with Crippen LogP contribution in [0.3, 0.4) is 0 Å². The molecule has 0 aliphatic heterocycles. The second kappa shape index (κ2) is 8.27. The van der Waals surface area contributed by atoms with E-state index in [2.05, 4.69) is 6.58 Å². The first-order valence-electron chi connectivity index (χ1n) is 6.79. The number of esters is 1. The molecule has 114 valence electrons. The molecule has 0 fully saturated rings. The summed E-state index contributed by atoms with van der Waals surface area (Å²) in [4.78, 5) is 11.6. The number of allylic oxidation sites excluding steroid dienone is 1. The van der Waals surface area contributed by atoms with Crippen molar-refractivity contribution < 1.29 is 19.0 Å². The van der Waals surface area contributed by atoms with E-state index in [1.807, 2.05) is 24.3 Å². The van der Waals surface area contributed by atoms with Crippen molar-refractivity contribution in [3.8, 4) is 0 Å². The molecule has 1 aromatic rings. The number of methoxy groups -OCH3 is 1. The normalized spacial score (nSPS) is 11.6. The van der Waals surface area contributed by atoms with E-state index in [1.165, 1.54) is 0 Å². The molecule has 0 saturated heterocycles. The van der Waals surface area contributed by atoms with Gasteiger partial charge in [0, 0.05) is 12.7 Å². The van der Waals surface area contributed by atoms with Crippen LogP contribution in [0.2, 0.25) is 0 Å². The Morgan fingerprint density at radius 3 is 2.33 bits per heavy atom. The summed E-state index contributed by atoms with van der Waals surface area (Å²) in [5.74, 6) is 0.595. The van der Waals surface area contributed by atoms with E-state index in [0.717, 1.165) is 11.1 Å². The first-order valence-corrected chi connectivity index (χ1v) is 6.79. The zero-order valence-corrected chi connectivity index (χ0v) is 13.1. The lowest BCUT2D eigenvalue weighted by atomic mass is 10.1. The molecule has 0 radical (unpaired) electrons. The zero-order valence-electron chi connectivity index (χ0n) is 13.1. The van der Waals surface area contributed by atoms with Crippen LogP contribution in [-0.2, 0) is 25.6 Å². The molecule has 0 amide bonds. The van der Waals surface area contributed by atoms with Gasteiger partial charge >= 0.3 is 5.97 Å². The van der Waals surface area contributed by atoms with E-state index in [4.69, 9.17) is 14.2 Å². The first kappa shape index (κ1) is 17.0. The highest BCUT2D eigenvalue weighted by atomic mass is 16.5. The number of hydrogen-bond acceptors (Lipinski definition) is 4. The number of benzene rings is 1. The van der Waals surface area contributed by atoms with Crippen molar-refractivity contribution >= 4 is 11.7 Å². The van der Waals surface area contributed by atoms with Gasteiger partial charge in [0.2, 0.25) is 0 Å². The van der Waals surface area contributed by atoms with Crippen LogP contribution in [0.15, 0.2) is 42.2 Å². The number of carbonyl (C=O) groups excluding carboxylic acids is 1. The van der Waals surface area contributed by atoms with Crippen LogP contribution < -0.4 is 0 Å². The standard InChI is InChI=1S/C17H22O4/c1-6-20-17(18)12(2)13(3)21-14(4)16-9-7-15(8-10-16)11-19-5/h7-10H,4,6,11H2,1-3,5H3/b13-12+. The zero-order chi connectivity index (χ0) is 15.8. The second-order valence-corrected chi connectivity index (χ2v) is 4.56. The van der Waals surface area contributed by atoms with Crippen LogP contribution in [0.4, 0.5) is 0 Å². The third-order valence-corrected chi connectivity index (χ3v) is 2.97. The third kappa shape index (κ3) is 5.08. The molecule has 0 N–H and O–H groups in total. The van der Waals surface area contributed by atoms with Crippen LogP contribution in [0, 0.1) is 0 Å². The lowest BCUT2D eigenvalue weighted by molar-refractivity contribution is -0.138. The van der Waals surface area contributed by atoms with Crippen LogP contribution in [-0.4, -0.2) is 19.7 Å². The maximum atomic E-state index is 11.6. The molecule has 4 nitrogen and oxygen atoms in total. The van der Waals surface area contributed by atoms with Gasteiger partial charge in [-0.15, -0.1) is 0 Å². The summed E-state index contributed by atoms with van der Waals surface area (Å²) in [5.41, 5.74) is 2.36. The molecule has 0 saturated carbocycles. The van der Waals surface area contributed by atoms with E-state index in [-0.39, 0.29) is 5.97 Å². The maximum Gasteiger partial charge on any atom is 0.337 e. The highest BCUT2D eigenvalue weighted by molar-refractivity contribution is 5.88. The van der Waals surface area contributed by atoms with E-state index in [1.54, 1.807) is 27.9 Å². The molecule has 0 bridgehead atoms. The van der Waals surface area contributed by atoms with Crippen LogP contribution in [0.5, 0.6) is 0 Å². The van der Waals surface area contributed by atoms with Gasteiger partial charge in [0.1, 0.15) is 11.5 Å². The number of hydrogen-bond donors (Lipinski definition) is 0. The number of ether oxygens (including phenoxy) is 3. The van der Waals surface area contributed by atoms with Gasteiger partial charge in [0.15, 0.2) is 0 Å². The Hall–Kier alpha value is -2.07. The van der Waals surface area contributed by atoms with Crippen LogP contribution >= 0.6 is 0 Å². The quantitative estimate of drug-likeness (QED) is 0.436. The van der Waals surface area contributed by atoms with Gasteiger partial charge in [-0.3, -0.25) is 0 Å². The summed E-state index contributed by atoms with van der Waals surface area (Å²) in [6.45, 7) is 9.94. The minimum Gasteiger partial charge on any atom is -0.463 e. The molecule has 1 aromatic carbocycles. The highest BCUT2D eigenvalue weighted by Gasteiger charge is 2.11. The topological polar surface area (TPSA) is 44.8 Å². The molecule has 21 heavy (non-hydrogen) atoms. The molecule has 0 unspecified atom stereocenters. The Morgan fingerprint density at radius 1 is 1.19 bits per heavy atom. The predicted octanol–water partition coefficient (Wildman–Crippen LogP) is 3.68. The Kier molecular flexibility index (Phi) is 6.69. The van der Waals surface area contributed by atoms with Gasteiger partial charge < -0.3 is 14.2 Å². The van der Waals surface area contributed by atoms with E-state index < -0.39 is 0 Å². The average Bonchev–Trinajstić information content (AvgIpc) is 2.47. The summed E-state index contributed by atoms with van der Waals surface area (Å²) in [5, 5.41) is 0. The van der Waals surface area contributed by atoms with Gasteiger partial charge in [0.05, 0.1) is 18.8 Å². The predicted molar refractivity (Wildman–Crippen MR) is 82.3 cm³/mol. The maximum absolute atomic E-state index is 11.6. The Morgan fingerprint density at radius 2 is 1.81 bits per heavy atom. The van der Waals surface area contributed by atoms with Gasteiger partial charge in [-0.1, -0.05) is 30.8 Å². The third-order valence-electron chi connectivity index (χ3n) is 2.97. The molecule has 0 spiro atoms. The number of rotatable bonds is 7. The van der Waals surface area contributed by atoms with Crippen molar-refractivity contribution in [3.05, 3.63) is 53.3 Å². The molecular formula is C17H22O4. The lowest BCUT2D eigenvalue weighted by Crippen LogP contribution is -2.08. The van der Waals surface area contributed by atoms with Crippen molar-refractivity contribution in [1.82, 2.24) is 0 Å². The van der Waals surface area contributed by atoms with Gasteiger partial charge in [0.25, 0.3) is 0 Å². The van der Waals surface area contributed by atoms with Crippen LogP contribution in [0.25, 0.3) is 5.76 Å². The summed E-state index contributed by atoms with van der Waals surface area (Å²) in [6, 6.07) is 7.71. The average molecular weight is 290 g/mol. The van der Waals surface area contributed by atoms with Crippen molar-refractivity contribution in [2.45, 2.75) is 27.4 Å². The second-order valence-electron chi connectivity index (χ2n) is 4.56. The van der Waals surface area contributed by atoms with Gasteiger partial charge in [-0.05, 0) is 26.3 Å². The number of carbonyl (C=O) groups is 1. The van der Waals surface area contributed by atoms with Crippen LogP contribution in [0.1, 0.15) is 31.9 Å². The molecule has 1 rings (SSSR count). The van der Waals surface area contributed by atoms with E-state index in [9.17, 15) is 4.79 Å². The molecule has 4 heteroatoms. The summed E-state index contributed by atoms with van der Waals surface area (Å²) < 4.78 is 15.6. The highest BCUT2D eigenvalue weighted by Crippen LogP contribution is 2.20. The first-order chi connectivity index (χ1) is 9.99. The van der Waals surface area contributed by atoms with Crippen molar-refractivity contribution in [3.63, 3.8) is 0 Å². The fraction of sp³-hybridized carbons (Fsp3) is 0.353. The fourth-order valence-electron chi connectivity index (χ4n) is 1.66. The lowest BCUT2D eigenvalue weighted by Gasteiger charge is -2.12. The molecule has 0 aromatic heterocycles. The molecule has 0 atom stereocenters. The summed E-state index contributed by atoms with van der Waals surface area (Å²) in [6.07, 6.45) is 0. The van der Waals surface area contributed by atoms with Crippen molar-refractivity contribution in [1.29, 1.82) is 0 Å². The summed E-state index contributed by atoms with van der Waals surface area (Å²) >= 11 is 0. The smallest absolute Gasteiger partial charge is 0.337 e.